The van der Waals surface area contributed by atoms with Gasteiger partial charge in [-0.05, 0) is 33.4 Å². The average molecular weight is 265 g/mol. The molecule has 0 bridgehead atoms. The molecule has 1 heterocycles. The van der Waals surface area contributed by atoms with Crippen LogP contribution in [-0.2, 0) is 0 Å². The van der Waals surface area contributed by atoms with E-state index >= 15 is 0 Å². The molecule has 0 aromatic carbocycles. The molecule has 5 nitrogen and oxygen atoms in total. The molecular weight excluding hydrogens is 238 g/mol. The van der Waals surface area contributed by atoms with E-state index in [4.69, 9.17) is 0 Å². The van der Waals surface area contributed by atoms with E-state index in [-0.39, 0.29) is 0 Å². The van der Waals surface area contributed by atoms with E-state index in [1.807, 2.05) is 13.0 Å². The van der Waals surface area contributed by atoms with Crippen molar-refractivity contribution in [3.8, 4) is 0 Å². The number of likely N-dealkylation sites (N-methyl/N-ethyl adjacent to an activating group) is 1. The first-order valence-corrected chi connectivity index (χ1v) is 6.95. The summed E-state index contributed by atoms with van der Waals surface area (Å²) in [6.45, 7) is 9.21. The minimum Gasteiger partial charge on any atom is -0.369 e. The number of aromatic nitrogens is 2. The Morgan fingerprint density at radius 2 is 1.89 bits per heavy atom. The fourth-order valence-electron chi connectivity index (χ4n) is 1.62. The molecule has 1 rings (SSSR count). The molecule has 1 aromatic heterocycles. The van der Waals surface area contributed by atoms with Gasteiger partial charge in [-0.3, -0.25) is 0 Å². The SMILES string of the molecule is Cc1cc(NCCN(C)C)nc(NCCC(C)C)n1. The van der Waals surface area contributed by atoms with E-state index in [0.29, 0.717) is 11.9 Å². The maximum atomic E-state index is 4.48. The molecule has 0 unspecified atom stereocenters. The van der Waals surface area contributed by atoms with Crippen molar-refractivity contribution in [1.29, 1.82) is 0 Å². The molecule has 108 valence electrons. The Bertz CT molecular complexity index is 344. The van der Waals surface area contributed by atoms with Crippen LogP contribution in [0.1, 0.15) is 26.0 Å². The summed E-state index contributed by atoms with van der Waals surface area (Å²) < 4.78 is 0. The van der Waals surface area contributed by atoms with E-state index in [1.54, 1.807) is 0 Å². The van der Waals surface area contributed by atoms with Crippen LogP contribution in [0.25, 0.3) is 0 Å². The molecule has 0 saturated carbocycles. The van der Waals surface area contributed by atoms with E-state index in [1.165, 1.54) is 0 Å². The maximum absolute atomic E-state index is 4.48. The zero-order valence-electron chi connectivity index (χ0n) is 12.8. The third kappa shape index (κ3) is 6.96. The van der Waals surface area contributed by atoms with Crippen molar-refractivity contribution in [1.82, 2.24) is 14.9 Å². The lowest BCUT2D eigenvalue weighted by molar-refractivity contribution is 0.425. The minimum absolute atomic E-state index is 0.690. The molecule has 1 aromatic rings. The highest BCUT2D eigenvalue weighted by Gasteiger charge is 2.02. The predicted octanol–water partition coefficient (Wildman–Crippen LogP) is 2.22. The fraction of sp³-hybridized carbons (Fsp3) is 0.714. The Kier molecular flexibility index (Phi) is 6.56. The summed E-state index contributed by atoms with van der Waals surface area (Å²) in [7, 11) is 4.12. The van der Waals surface area contributed by atoms with Gasteiger partial charge < -0.3 is 15.5 Å². The van der Waals surface area contributed by atoms with Crippen molar-refractivity contribution in [2.45, 2.75) is 27.2 Å². The van der Waals surface area contributed by atoms with Crippen molar-refractivity contribution in [3.05, 3.63) is 11.8 Å². The van der Waals surface area contributed by atoms with Gasteiger partial charge in [0.2, 0.25) is 5.95 Å². The second kappa shape index (κ2) is 7.94. The van der Waals surface area contributed by atoms with Gasteiger partial charge in [-0.15, -0.1) is 0 Å². The quantitative estimate of drug-likeness (QED) is 0.755. The molecule has 0 aliphatic carbocycles. The van der Waals surface area contributed by atoms with Gasteiger partial charge in [-0.25, -0.2) is 4.98 Å². The highest BCUT2D eigenvalue weighted by Crippen LogP contribution is 2.10. The average Bonchev–Trinajstić information content (AvgIpc) is 2.27. The van der Waals surface area contributed by atoms with Crippen molar-refractivity contribution in [2.75, 3.05) is 44.4 Å². The van der Waals surface area contributed by atoms with Crippen LogP contribution in [0.4, 0.5) is 11.8 Å². The molecule has 0 aliphatic rings. The molecular formula is C14H27N5. The highest BCUT2D eigenvalue weighted by molar-refractivity contribution is 5.42. The van der Waals surface area contributed by atoms with Gasteiger partial charge in [-0.2, -0.15) is 4.98 Å². The van der Waals surface area contributed by atoms with Crippen LogP contribution in [-0.4, -0.2) is 48.6 Å². The van der Waals surface area contributed by atoms with Crippen LogP contribution in [0.15, 0.2) is 6.07 Å². The summed E-state index contributed by atoms with van der Waals surface area (Å²) in [5.74, 6) is 2.30. The molecule has 2 N–H and O–H groups in total. The first-order chi connectivity index (χ1) is 8.97. The van der Waals surface area contributed by atoms with Gasteiger partial charge in [0.15, 0.2) is 0 Å². The van der Waals surface area contributed by atoms with E-state index in [2.05, 4.69) is 53.4 Å². The first kappa shape index (κ1) is 15.7. The lowest BCUT2D eigenvalue weighted by Gasteiger charge is -2.12. The number of rotatable bonds is 8. The standard InChI is InChI=1S/C14H27N5/c1-11(2)6-7-16-14-17-12(3)10-13(18-14)15-8-9-19(4)5/h10-11H,6-9H2,1-5H3,(H2,15,16,17,18). The van der Waals surface area contributed by atoms with Crippen LogP contribution in [0.3, 0.4) is 0 Å². The van der Waals surface area contributed by atoms with Gasteiger partial charge in [0.05, 0.1) is 0 Å². The summed E-state index contributed by atoms with van der Waals surface area (Å²) in [5, 5.41) is 6.61. The number of hydrogen-bond acceptors (Lipinski definition) is 5. The van der Waals surface area contributed by atoms with E-state index < -0.39 is 0 Å². The normalized spacial score (nSPS) is 11.1. The smallest absolute Gasteiger partial charge is 0.224 e. The Morgan fingerprint density at radius 3 is 2.53 bits per heavy atom. The summed E-state index contributed by atoms with van der Waals surface area (Å²) in [4.78, 5) is 11.0. The fourth-order valence-corrected chi connectivity index (χ4v) is 1.62. The molecule has 0 amide bonds. The second-order valence-corrected chi connectivity index (χ2v) is 5.56. The van der Waals surface area contributed by atoms with Gasteiger partial charge in [0, 0.05) is 31.4 Å². The molecule has 0 fully saturated rings. The molecule has 0 saturated heterocycles. The van der Waals surface area contributed by atoms with Crippen molar-refractivity contribution >= 4 is 11.8 Å². The Morgan fingerprint density at radius 1 is 1.16 bits per heavy atom. The number of nitrogens with one attached hydrogen (secondary N) is 2. The van der Waals surface area contributed by atoms with Crippen molar-refractivity contribution < 1.29 is 0 Å². The van der Waals surface area contributed by atoms with Gasteiger partial charge in [0.25, 0.3) is 0 Å². The monoisotopic (exact) mass is 265 g/mol. The predicted molar refractivity (Wildman–Crippen MR) is 81.8 cm³/mol. The Hall–Kier alpha value is -1.36. The summed E-state index contributed by atoms with van der Waals surface area (Å²) in [5.41, 5.74) is 0.981. The molecule has 0 radical (unpaired) electrons. The summed E-state index contributed by atoms with van der Waals surface area (Å²) >= 11 is 0. The summed E-state index contributed by atoms with van der Waals surface area (Å²) in [6.07, 6.45) is 1.13. The van der Waals surface area contributed by atoms with Crippen LogP contribution < -0.4 is 10.6 Å². The van der Waals surface area contributed by atoms with Crippen LogP contribution >= 0.6 is 0 Å². The van der Waals surface area contributed by atoms with Crippen molar-refractivity contribution in [3.63, 3.8) is 0 Å². The zero-order valence-corrected chi connectivity index (χ0v) is 12.8. The molecule has 19 heavy (non-hydrogen) atoms. The van der Waals surface area contributed by atoms with Gasteiger partial charge >= 0.3 is 0 Å². The van der Waals surface area contributed by atoms with E-state index in [0.717, 1.165) is 37.6 Å². The number of nitrogens with zero attached hydrogens (tertiary/aromatic N) is 3. The highest BCUT2D eigenvalue weighted by atomic mass is 15.2. The number of aryl methyl sites for hydroxylation is 1. The maximum Gasteiger partial charge on any atom is 0.224 e. The lowest BCUT2D eigenvalue weighted by atomic mass is 10.1. The zero-order chi connectivity index (χ0) is 14.3. The number of hydrogen-bond donors (Lipinski definition) is 2. The summed E-state index contributed by atoms with van der Waals surface area (Å²) in [6, 6.07) is 1.98. The molecule has 0 atom stereocenters. The van der Waals surface area contributed by atoms with Crippen LogP contribution in [0.5, 0.6) is 0 Å². The topological polar surface area (TPSA) is 53.1 Å². The second-order valence-electron chi connectivity index (χ2n) is 5.56. The largest absolute Gasteiger partial charge is 0.369 e. The molecule has 5 heteroatoms. The van der Waals surface area contributed by atoms with Crippen LogP contribution in [0, 0.1) is 12.8 Å². The van der Waals surface area contributed by atoms with Crippen molar-refractivity contribution in [2.24, 2.45) is 5.92 Å². The third-order valence-corrected chi connectivity index (χ3v) is 2.72. The Labute approximate surface area is 116 Å². The van der Waals surface area contributed by atoms with Gasteiger partial charge in [0.1, 0.15) is 5.82 Å². The minimum atomic E-state index is 0.690. The van der Waals surface area contributed by atoms with Gasteiger partial charge in [-0.1, -0.05) is 13.8 Å². The van der Waals surface area contributed by atoms with Crippen LogP contribution in [0.2, 0.25) is 0 Å². The number of anilines is 2. The third-order valence-electron chi connectivity index (χ3n) is 2.72. The Balaban J connectivity index is 2.51. The molecule has 0 spiro atoms. The molecule has 0 aliphatic heterocycles. The lowest BCUT2D eigenvalue weighted by Crippen LogP contribution is -2.21. The van der Waals surface area contributed by atoms with E-state index in [9.17, 15) is 0 Å². The first-order valence-electron chi connectivity index (χ1n) is 6.95.